The second-order valence-corrected chi connectivity index (χ2v) is 11.6. The molecule has 0 radical (unpaired) electrons. The highest BCUT2D eigenvalue weighted by Gasteiger charge is 2.67. The lowest BCUT2D eigenvalue weighted by Crippen LogP contribution is -2.47. The fraction of sp³-hybridized carbons (Fsp3) is 0.667. The monoisotopic (exact) mass is 506 g/mol. The topological polar surface area (TPSA) is 99.1 Å². The average molecular weight is 507 g/mol. The van der Waals surface area contributed by atoms with Crippen LogP contribution < -0.4 is 4.74 Å². The third-order valence-electron chi connectivity index (χ3n) is 9.15. The molecule has 4 aliphatic rings. The molecule has 8 atom stereocenters. The fourth-order valence-electron chi connectivity index (χ4n) is 7.88. The average Bonchev–Trinajstić information content (AvgIpc) is 3.56. The first-order valence-electron chi connectivity index (χ1n) is 12.7. The second-order valence-electron chi connectivity index (χ2n) is 11.6. The van der Waals surface area contributed by atoms with Gasteiger partial charge < -0.3 is 19.3 Å². The highest BCUT2D eigenvalue weighted by Crippen LogP contribution is 2.70. The zero-order valence-electron chi connectivity index (χ0n) is 20.6. The molecule has 0 spiro atoms. The third-order valence-corrected chi connectivity index (χ3v) is 9.15. The molecule has 0 heterocycles. The van der Waals surface area contributed by atoms with E-state index in [0.717, 1.165) is 30.6 Å². The number of ether oxygens (including phenoxy) is 3. The van der Waals surface area contributed by atoms with Crippen LogP contribution in [0.2, 0.25) is 0 Å². The van der Waals surface area contributed by atoms with E-state index in [1.807, 2.05) is 6.92 Å². The molecule has 4 saturated carbocycles. The molecule has 9 heteroatoms. The summed E-state index contributed by atoms with van der Waals surface area (Å²) in [5.74, 6) is -4.47. The van der Waals surface area contributed by atoms with E-state index in [1.165, 1.54) is 57.4 Å². The predicted octanol–water partition coefficient (Wildman–Crippen LogP) is 5.56. The Labute approximate surface area is 208 Å². The molecule has 0 amide bonds. The van der Waals surface area contributed by atoms with Crippen LogP contribution in [-0.2, 0) is 14.3 Å². The molecular weight excluding hydrogens is 474 g/mol. The summed E-state index contributed by atoms with van der Waals surface area (Å²) in [6, 6.07) is 5.21. The van der Waals surface area contributed by atoms with Crippen LogP contribution in [0.15, 0.2) is 24.3 Å². The predicted molar refractivity (Wildman–Crippen MR) is 123 cm³/mol. The van der Waals surface area contributed by atoms with Crippen molar-refractivity contribution in [2.24, 2.45) is 41.4 Å². The number of carbonyl (C=O) groups is 3. The number of hydrogen-bond donors (Lipinski definition) is 1. The summed E-state index contributed by atoms with van der Waals surface area (Å²) in [5, 5.41) is 8.79. The first kappa shape index (κ1) is 25.0. The Kier molecular flexibility index (Phi) is 6.03. The van der Waals surface area contributed by atoms with Crippen molar-refractivity contribution in [2.45, 2.75) is 70.5 Å². The summed E-state index contributed by atoms with van der Waals surface area (Å²) < 4.78 is 44.0. The minimum atomic E-state index is -4.23. The number of carbonyl (C=O) groups excluding carboxylic acids is 2. The van der Waals surface area contributed by atoms with Gasteiger partial charge in [-0.25, -0.2) is 14.4 Å². The summed E-state index contributed by atoms with van der Waals surface area (Å²) >= 11 is 0. The summed E-state index contributed by atoms with van der Waals surface area (Å²) in [7, 11) is 0. The van der Waals surface area contributed by atoms with Crippen LogP contribution in [0.1, 0.15) is 63.2 Å². The van der Waals surface area contributed by atoms with Crippen molar-refractivity contribution in [3.63, 3.8) is 0 Å². The molecule has 1 aromatic carbocycles. The van der Waals surface area contributed by atoms with Crippen LogP contribution in [0.5, 0.6) is 5.75 Å². The van der Waals surface area contributed by atoms with Gasteiger partial charge in [-0.1, -0.05) is 13.8 Å². The molecule has 4 aliphatic carbocycles. The van der Waals surface area contributed by atoms with Crippen molar-refractivity contribution in [3.05, 3.63) is 29.8 Å². The van der Waals surface area contributed by atoms with E-state index >= 15 is 0 Å². The molecule has 0 aromatic heterocycles. The molecule has 0 saturated heterocycles. The van der Waals surface area contributed by atoms with Gasteiger partial charge in [-0.2, -0.15) is 8.78 Å². The maximum atomic E-state index is 14.0. The van der Waals surface area contributed by atoms with Crippen LogP contribution >= 0.6 is 0 Å². The summed E-state index contributed by atoms with van der Waals surface area (Å²) in [6.07, 6.45) is 2.99. The number of aliphatic carboxylic acids is 1. The first-order valence-corrected chi connectivity index (χ1v) is 12.7. The van der Waals surface area contributed by atoms with Gasteiger partial charge in [0.2, 0.25) is 0 Å². The quantitative estimate of drug-likeness (QED) is 0.293. The highest BCUT2D eigenvalue weighted by molar-refractivity contribution is 5.90. The standard InChI is InChI=1S/C27H32F2O7/c1-13(2)22(27(28,29)24(31)32)35-23(30)14-6-8-18(9-7-14)34-25(33)36-26(3)12-17-11-19(26)21-16-5-4-15(10-16)20(17)21/h6-9,13,15-17,19-22H,4-5,10-12H2,1-3H3,(H,31,32). The smallest absolute Gasteiger partial charge is 0.477 e. The van der Waals surface area contributed by atoms with Crippen molar-refractivity contribution in [1.82, 2.24) is 0 Å². The van der Waals surface area contributed by atoms with Crippen LogP contribution in [0.25, 0.3) is 0 Å². The number of benzene rings is 1. The summed E-state index contributed by atoms with van der Waals surface area (Å²) in [5.41, 5.74) is -0.622. The lowest BCUT2D eigenvalue weighted by atomic mass is 9.66. The molecule has 0 aliphatic heterocycles. The Balaban J connectivity index is 1.19. The zero-order chi connectivity index (χ0) is 26.0. The molecule has 5 rings (SSSR count). The number of hydrogen-bond acceptors (Lipinski definition) is 6. The molecule has 4 fully saturated rings. The Morgan fingerprint density at radius 1 is 1.03 bits per heavy atom. The number of halogens is 2. The molecule has 8 unspecified atom stereocenters. The van der Waals surface area contributed by atoms with Gasteiger partial charge in [0.1, 0.15) is 11.4 Å². The van der Waals surface area contributed by atoms with E-state index in [0.29, 0.717) is 17.8 Å². The van der Waals surface area contributed by atoms with E-state index in [-0.39, 0.29) is 11.3 Å². The van der Waals surface area contributed by atoms with E-state index in [2.05, 4.69) is 0 Å². The minimum absolute atomic E-state index is 0.0788. The Morgan fingerprint density at radius 2 is 1.67 bits per heavy atom. The molecule has 1 aromatic rings. The third kappa shape index (κ3) is 4.04. The molecular formula is C27H32F2O7. The summed E-state index contributed by atoms with van der Waals surface area (Å²) in [4.78, 5) is 35.9. The SMILES string of the molecule is CC(C)C(OC(=O)c1ccc(OC(=O)OC2(C)CC3CC2C2C4CCC(C4)C32)cc1)C(F)(F)C(=O)O. The van der Waals surface area contributed by atoms with Crippen molar-refractivity contribution in [1.29, 1.82) is 0 Å². The van der Waals surface area contributed by atoms with E-state index in [9.17, 15) is 23.2 Å². The summed E-state index contributed by atoms with van der Waals surface area (Å²) in [6.45, 7) is 4.69. The Hall–Kier alpha value is -2.71. The van der Waals surface area contributed by atoms with Crippen molar-refractivity contribution >= 4 is 18.1 Å². The number of alkyl halides is 2. The van der Waals surface area contributed by atoms with Gasteiger partial charge in [-0.3, -0.25) is 0 Å². The number of carboxylic acids is 1. The second kappa shape index (κ2) is 8.70. The van der Waals surface area contributed by atoms with Crippen molar-refractivity contribution < 1.29 is 42.5 Å². The normalized spacial score (nSPS) is 34.9. The fourth-order valence-corrected chi connectivity index (χ4v) is 7.88. The van der Waals surface area contributed by atoms with E-state index < -0.39 is 41.6 Å². The van der Waals surface area contributed by atoms with Crippen LogP contribution in [-0.4, -0.2) is 40.8 Å². The molecule has 4 bridgehead atoms. The number of esters is 1. The minimum Gasteiger partial charge on any atom is -0.477 e. The van der Waals surface area contributed by atoms with Gasteiger partial charge in [-0.05, 0) is 98.8 Å². The van der Waals surface area contributed by atoms with Crippen molar-refractivity contribution in [2.75, 3.05) is 0 Å². The Bertz CT molecular complexity index is 1050. The van der Waals surface area contributed by atoms with Gasteiger partial charge in [0, 0.05) is 5.92 Å². The number of rotatable bonds is 7. The van der Waals surface area contributed by atoms with Gasteiger partial charge in [0.15, 0.2) is 6.10 Å². The van der Waals surface area contributed by atoms with Crippen LogP contribution in [0.4, 0.5) is 13.6 Å². The molecule has 7 nitrogen and oxygen atoms in total. The maximum absolute atomic E-state index is 14.0. The van der Waals surface area contributed by atoms with Gasteiger partial charge in [0.05, 0.1) is 5.56 Å². The van der Waals surface area contributed by atoms with Crippen LogP contribution in [0.3, 0.4) is 0 Å². The van der Waals surface area contributed by atoms with Crippen molar-refractivity contribution in [3.8, 4) is 5.75 Å². The zero-order valence-corrected chi connectivity index (χ0v) is 20.6. The number of fused-ring (bicyclic) bond motifs is 9. The van der Waals surface area contributed by atoms with Gasteiger partial charge >= 0.3 is 24.0 Å². The molecule has 196 valence electrons. The van der Waals surface area contributed by atoms with E-state index in [4.69, 9.17) is 19.3 Å². The largest absolute Gasteiger partial charge is 0.514 e. The lowest BCUT2D eigenvalue weighted by Gasteiger charge is -2.43. The first-order chi connectivity index (χ1) is 16.9. The van der Waals surface area contributed by atoms with E-state index in [1.54, 1.807) is 0 Å². The Morgan fingerprint density at radius 3 is 2.28 bits per heavy atom. The van der Waals surface area contributed by atoms with Gasteiger partial charge in [0.25, 0.3) is 0 Å². The molecule has 1 N–H and O–H groups in total. The number of carboxylic acid groups (broad SMARTS) is 1. The molecule has 36 heavy (non-hydrogen) atoms. The highest BCUT2D eigenvalue weighted by atomic mass is 19.3. The lowest BCUT2D eigenvalue weighted by molar-refractivity contribution is -0.187. The maximum Gasteiger partial charge on any atom is 0.514 e. The van der Waals surface area contributed by atoms with Gasteiger partial charge in [-0.15, -0.1) is 0 Å². The van der Waals surface area contributed by atoms with Crippen LogP contribution in [0, 0.1) is 41.4 Å².